The van der Waals surface area contributed by atoms with E-state index in [1.807, 2.05) is 12.3 Å². The van der Waals surface area contributed by atoms with E-state index in [2.05, 4.69) is 35.5 Å². The zero-order chi connectivity index (χ0) is 10.2. The molecule has 1 aromatic rings. The van der Waals surface area contributed by atoms with Gasteiger partial charge >= 0.3 is 0 Å². The van der Waals surface area contributed by atoms with Crippen LogP contribution < -0.4 is 10.6 Å². The minimum Gasteiger partial charge on any atom is -0.370 e. The van der Waals surface area contributed by atoms with E-state index < -0.39 is 0 Å². The molecule has 0 aliphatic carbocycles. The first-order chi connectivity index (χ1) is 6.83. The molecule has 1 rings (SSSR count). The van der Waals surface area contributed by atoms with E-state index in [0.717, 1.165) is 31.9 Å². The predicted octanol–water partition coefficient (Wildman–Crippen LogP) is 1.80. The van der Waals surface area contributed by atoms with Gasteiger partial charge in [0, 0.05) is 12.7 Å². The number of hydrogen-bond acceptors (Lipinski definition) is 3. The van der Waals surface area contributed by atoms with Gasteiger partial charge in [0.25, 0.3) is 0 Å². The Morgan fingerprint density at radius 1 is 1.36 bits per heavy atom. The van der Waals surface area contributed by atoms with Crippen molar-refractivity contribution in [3.63, 3.8) is 0 Å². The molecule has 3 heteroatoms. The van der Waals surface area contributed by atoms with E-state index in [0.29, 0.717) is 0 Å². The van der Waals surface area contributed by atoms with E-state index in [4.69, 9.17) is 0 Å². The molecule has 0 amide bonds. The maximum Gasteiger partial charge on any atom is 0.126 e. The molecule has 14 heavy (non-hydrogen) atoms. The highest BCUT2D eigenvalue weighted by atomic mass is 15.0. The fourth-order valence-electron chi connectivity index (χ4n) is 1.24. The van der Waals surface area contributed by atoms with E-state index >= 15 is 0 Å². The fourth-order valence-corrected chi connectivity index (χ4v) is 1.24. The molecule has 0 aliphatic heterocycles. The molecular formula is C11H19N3. The molecule has 0 spiro atoms. The molecule has 0 radical (unpaired) electrons. The van der Waals surface area contributed by atoms with Crippen LogP contribution in [0.2, 0.25) is 0 Å². The molecule has 3 nitrogen and oxygen atoms in total. The Hall–Kier alpha value is -1.09. The fraction of sp³-hybridized carbons (Fsp3) is 0.545. The van der Waals surface area contributed by atoms with E-state index in [-0.39, 0.29) is 0 Å². The van der Waals surface area contributed by atoms with E-state index in [9.17, 15) is 0 Å². The highest BCUT2D eigenvalue weighted by molar-refractivity contribution is 5.36. The van der Waals surface area contributed by atoms with Crippen LogP contribution in [0, 0.1) is 6.92 Å². The summed E-state index contributed by atoms with van der Waals surface area (Å²) in [6.07, 6.45) is 2.96. The van der Waals surface area contributed by atoms with Gasteiger partial charge in [0.15, 0.2) is 0 Å². The van der Waals surface area contributed by atoms with Crippen molar-refractivity contribution < 1.29 is 0 Å². The molecule has 1 aromatic heterocycles. The summed E-state index contributed by atoms with van der Waals surface area (Å²) in [5, 5.41) is 6.58. The smallest absolute Gasteiger partial charge is 0.126 e. The molecule has 0 unspecified atom stereocenters. The number of nitrogens with one attached hydrogen (secondary N) is 2. The zero-order valence-corrected chi connectivity index (χ0v) is 9.01. The maximum atomic E-state index is 4.23. The number of aromatic nitrogens is 1. The number of anilines is 1. The molecule has 78 valence electrons. The van der Waals surface area contributed by atoms with Crippen molar-refractivity contribution >= 4 is 5.82 Å². The first-order valence-corrected chi connectivity index (χ1v) is 5.20. The molecule has 0 bridgehead atoms. The Kier molecular flexibility index (Phi) is 5.00. The summed E-state index contributed by atoms with van der Waals surface area (Å²) >= 11 is 0. The third kappa shape index (κ3) is 4.23. The summed E-state index contributed by atoms with van der Waals surface area (Å²) in [5.41, 5.74) is 1.24. The zero-order valence-electron chi connectivity index (χ0n) is 9.01. The van der Waals surface area contributed by atoms with Crippen molar-refractivity contribution in [2.45, 2.75) is 20.3 Å². The summed E-state index contributed by atoms with van der Waals surface area (Å²) < 4.78 is 0. The second-order valence-electron chi connectivity index (χ2n) is 3.35. The second kappa shape index (κ2) is 6.38. The molecule has 0 aromatic carbocycles. The number of nitrogens with zero attached hydrogens (tertiary/aromatic N) is 1. The lowest BCUT2D eigenvalue weighted by molar-refractivity contribution is 0.688. The van der Waals surface area contributed by atoms with Crippen molar-refractivity contribution in [3.05, 3.63) is 23.9 Å². The van der Waals surface area contributed by atoms with Gasteiger partial charge in [0.2, 0.25) is 0 Å². The number of rotatable bonds is 6. The van der Waals surface area contributed by atoms with Gasteiger partial charge in [-0.2, -0.15) is 0 Å². The molecule has 0 aliphatic rings. The first-order valence-electron chi connectivity index (χ1n) is 5.20. The number of hydrogen-bond donors (Lipinski definition) is 2. The molecule has 2 N–H and O–H groups in total. The monoisotopic (exact) mass is 193 g/mol. The Morgan fingerprint density at radius 2 is 2.21 bits per heavy atom. The molecule has 0 saturated heterocycles. The van der Waals surface area contributed by atoms with Gasteiger partial charge in [-0.05, 0) is 44.1 Å². The van der Waals surface area contributed by atoms with Crippen LogP contribution in [0.15, 0.2) is 18.3 Å². The van der Waals surface area contributed by atoms with E-state index in [1.165, 1.54) is 5.56 Å². The molecule has 1 heterocycles. The van der Waals surface area contributed by atoms with Crippen molar-refractivity contribution in [3.8, 4) is 0 Å². The summed E-state index contributed by atoms with van der Waals surface area (Å²) in [6, 6.07) is 4.07. The molecular weight excluding hydrogens is 174 g/mol. The van der Waals surface area contributed by atoms with Crippen LogP contribution >= 0.6 is 0 Å². The largest absolute Gasteiger partial charge is 0.370 e. The van der Waals surface area contributed by atoms with Crippen molar-refractivity contribution in [2.24, 2.45) is 0 Å². The van der Waals surface area contributed by atoms with Gasteiger partial charge in [-0.25, -0.2) is 4.98 Å². The maximum absolute atomic E-state index is 4.23. The Morgan fingerprint density at radius 3 is 2.93 bits per heavy atom. The lowest BCUT2D eigenvalue weighted by Gasteiger charge is -2.05. The van der Waals surface area contributed by atoms with Gasteiger partial charge in [0.1, 0.15) is 5.82 Å². The lowest BCUT2D eigenvalue weighted by Crippen LogP contribution is -2.17. The summed E-state index contributed by atoms with van der Waals surface area (Å²) in [4.78, 5) is 4.23. The minimum atomic E-state index is 0.974. The highest BCUT2D eigenvalue weighted by Crippen LogP contribution is 2.04. The highest BCUT2D eigenvalue weighted by Gasteiger charge is 1.92. The molecule has 0 saturated carbocycles. The summed E-state index contributed by atoms with van der Waals surface area (Å²) in [7, 11) is 0. The van der Waals surface area contributed by atoms with Gasteiger partial charge in [-0.15, -0.1) is 0 Å². The Labute approximate surface area is 85.9 Å². The first kappa shape index (κ1) is 11.0. The minimum absolute atomic E-state index is 0.974. The van der Waals surface area contributed by atoms with Crippen LogP contribution in [-0.4, -0.2) is 24.6 Å². The van der Waals surface area contributed by atoms with Crippen molar-refractivity contribution in [2.75, 3.05) is 25.0 Å². The SMILES string of the molecule is CCNCCCNc1cc(C)ccn1. The van der Waals surface area contributed by atoms with Crippen LogP contribution in [0.5, 0.6) is 0 Å². The average molecular weight is 193 g/mol. The Bertz CT molecular complexity index is 260. The second-order valence-corrected chi connectivity index (χ2v) is 3.35. The third-order valence-corrected chi connectivity index (χ3v) is 2.00. The van der Waals surface area contributed by atoms with Crippen LogP contribution in [0.25, 0.3) is 0 Å². The van der Waals surface area contributed by atoms with Crippen LogP contribution in [0.1, 0.15) is 18.9 Å². The van der Waals surface area contributed by atoms with Crippen molar-refractivity contribution in [1.29, 1.82) is 0 Å². The predicted molar refractivity (Wildman–Crippen MR) is 60.6 cm³/mol. The van der Waals surface area contributed by atoms with Crippen LogP contribution in [0.3, 0.4) is 0 Å². The molecule has 0 fully saturated rings. The summed E-state index contributed by atoms with van der Waals surface area (Å²) in [6.45, 7) is 7.28. The van der Waals surface area contributed by atoms with E-state index in [1.54, 1.807) is 0 Å². The lowest BCUT2D eigenvalue weighted by atomic mass is 10.3. The van der Waals surface area contributed by atoms with Gasteiger partial charge in [-0.1, -0.05) is 6.92 Å². The third-order valence-electron chi connectivity index (χ3n) is 2.00. The quantitative estimate of drug-likeness (QED) is 0.676. The Balaban J connectivity index is 2.18. The van der Waals surface area contributed by atoms with Crippen LogP contribution in [0.4, 0.5) is 5.82 Å². The van der Waals surface area contributed by atoms with Gasteiger partial charge in [0.05, 0.1) is 0 Å². The number of aryl methyl sites for hydroxylation is 1. The molecule has 0 atom stereocenters. The normalized spacial score (nSPS) is 10.1. The van der Waals surface area contributed by atoms with Gasteiger partial charge < -0.3 is 10.6 Å². The standard InChI is InChI=1S/C11H19N3/c1-3-12-6-4-7-13-11-9-10(2)5-8-14-11/h5,8-9,12H,3-4,6-7H2,1-2H3,(H,13,14). The summed E-state index contributed by atoms with van der Waals surface area (Å²) in [5.74, 6) is 0.974. The van der Waals surface area contributed by atoms with Crippen molar-refractivity contribution in [1.82, 2.24) is 10.3 Å². The van der Waals surface area contributed by atoms with Gasteiger partial charge in [-0.3, -0.25) is 0 Å². The van der Waals surface area contributed by atoms with Crippen LogP contribution in [-0.2, 0) is 0 Å². The average Bonchev–Trinajstić information content (AvgIpc) is 2.18. The topological polar surface area (TPSA) is 37.0 Å². The number of pyridine rings is 1.